The molecule has 0 fully saturated rings. The summed E-state index contributed by atoms with van der Waals surface area (Å²) in [4.78, 5) is 0. The minimum atomic E-state index is 0.589. The van der Waals surface area contributed by atoms with Crippen molar-refractivity contribution in [3.05, 3.63) is 163 Å². The highest BCUT2D eigenvalue weighted by molar-refractivity contribution is 6.14. The first-order valence-electron chi connectivity index (χ1n) is 16.0. The van der Waals surface area contributed by atoms with Crippen molar-refractivity contribution in [1.82, 2.24) is 4.57 Å². The van der Waals surface area contributed by atoms with Crippen molar-refractivity contribution >= 4 is 32.6 Å². The molecule has 8 rings (SSSR count). The van der Waals surface area contributed by atoms with Gasteiger partial charge in [0.1, 0.15) is 0 Å². The zero-order valence-corrected chi connectivity index (χ0v) is 25.7. The maximum atomic E-state index is 2.44. The van der Waals surface area contributed by atoms with E-state index in [0.29, 0.717) is 5.92 Å². The van der Waals surface area contributed by atoms with Crippen LogP contribution >= 0.6 is 0 Å². The fraction of sp³-hybridized carbons (Fsp3) is 0.0909. The van der Waals surface area contributed by atoms with Crippen LogP contribution < -0.4 is 0 Å². The molecule has 0 saturated carbocycles. The zero-order valence-electron chi connectivity index (χ0n) is 25.7. The molecule has 0 amide bonds. The molecule has 0 aliphatic carbocycles. The molecule has 1 aromatic heterocycles. The number of hydrogen-bond donors (Lipinski definition) is 0. The lowest BCUT2D eigenvalue weighted by Crippen LogP contribution is -1.95. The maximum Gasteiger partial charge on any atom is 0.0547 e. The minimum absolute atomic E-state index is 0.589. The lowest BCUT2D eigenvalue weighted by molar-refractivity contribution is 0.734. The Morgan fingerprint density at radius 3 is 1.69 bits per heavy atom. The van der Waals surface area contributed by atoms with Gasteiger partial charge < -0.3 is 4.57 Å². The van der Waals surface area contributed by atoms with Crippen molar-refractivity contribution in [2.75, 3.05) is 0 Å². The van der Waals surface area contributed by atoms with Crippen LogP contribution in [0.4, 0.5) is 0 Å². The molecular formula is C44H35N. The van der Waals surface area contributed by atoms with E-state index in [1.165, 1.54) is 77.2 Å². The highest BCUT2D eigenvalue weighted by Gasteiger charge is 2.15. The van der Waals surface area contributed by atoms with E-state index in [0.717, 1.165) is 6.42 Å². The van der Waals surface area contributed by atoms with Crippen LogP contribution in [0.25, 0.3) is 71.6 Å². The second kappa shape index (κ2) is 11.3. The molecule has 1 atom stereocenters. The zero-order chi connectivity index (χ0) is 30.3. The Morgan fingerprint density at radius 1 is 0.444 bits per heavy atom. The number of fused-ring (bicyclic) bond motifs is 4. The SMILES string of the molecule is CCC(C)c1ccc(-c2ccc(-c3ccc4c5cc6ccccc6cc5n(-c5cccc(-c6ccccc6)c5)c4c3)cc2)cc1. The molecule has 7 aromatic carbocycles. The second-order valence-electron chi connectivity index (χ2n) is 12.2. The maximum absolute atomic E-state index is 2.44. The molecule has 1 heterocycles. The Hall–Kier alpha value is -5.40. The van der Waals surface area contributed by atoms with Crippen molar-refractivity contribution in [1.29, 1.82) is 0 Å². The first-order valence-corrected chi connectivity index (χ1v) is 16.0. The predicted molar refractivity (Wildman–Crippen MR) is 193 cm³/mol. The molecule has 0 aliphatic heterocycles. The van der Waals surface area contributed by atoms with Crippen LogP contribution in [-0.2, 0) is 0 Å². The van der Waals surface area contributed by atoms with E-state index in [2.05, 4.69) is 176 Å². The minimum Gasteiger partial charge on any atom is -0.309 e. The Labute approximate surface area is 265 Å². The first-order chi connectivity index (χ1) is 22.2. The van der Waals surface area contributed by atoms with Crippen LogP contribution in [0.2, 0.25) is 0 Å². The first kappa shape index (κ1) is 27.2. The Morgan fingerprint density at radius 2 is 0.978 bits per heavy atom. The predicted octanol–water partition coefficient (Wildman–Crippen LogP) is 12.5. The molecule has 0 bridgehead atoms. The van der Waals surface area contributed by atoms with Crippen LogP contribution in [0.3, 0.4) is 0 Å². The largest absolute Gasteiger partial charge is 0.309 e. The van der Waals surface area contributed by atoms with E-state index >= 15 is 0 Å². The lowest BCUT2D eigenvalue weighted by Gasteiger charge is -2.12. The Balaban J connectivity index is 1.26. The van der Waals surface area contributed by atoms with Gasteiger partial charge >= 0.3 is 0 Å². The van der Waals surface area contributed by atoms with Crippen LogP contribution in [0.1, 0.15) is 31.7 Å². The van der Waals surface area contributed by atoms with Gasteiger partial charge in [-0.3, -0.25) is 0 Å². The van der Waals surface area contributed by atoms with Crippen LogP contribution in [0.5, 0.6) is 0 Å². The Kier molecular flexibility index (Phi) is 6.80. The Bertz CT molecular complexity index is 2290. The average molecular weight is 578 g/mol. The smallest absolute Gasteiger partial charge is 0.0547 e. The van der Waals surface area contributed by atoms with Crippen molar-refractivity contribution < 1.29 is 0 Å². The van der Waals surface area contributed by atoms with Crippen molar-refractivity contribution in [3.8, 4) is 39.1 Å². The molecule has 0 radical (unpaired) electrons. The fourth-order valence-electron chi connectivity index (χ4n) is 6.71. The van der Waals surface area contributed by atoms with E-state index in [1.807, 2.05) is 0 Å². The summed E-state index contributed by atoms with van der Waals surface area (Å²) in [5.41, 5.74) is 12.4. The monoisotopic (exact) mass is 577 g/mol. The summed E-state index contributed by atoms with van der Waals surface area (Å²) in [6.45, 7) is 4.54. The molecule has 0 aliphatic rings. The van der Waals surface area contributed by atoms with E-state index < -0.39 is 0 Å². The summed E-state index contributed by atoms with van der Waals surface area (Å²) in [6, 6.07) is 58.0. The third-order valence-corrected chi connectivity index (χ3v) is 9.49. The molecule has 1 nitrogen and oxygen atoms in total. The molecule has 0 N–H and O–H groups in total. The quantitative estimate of drug-likeness (QED) is 0.185. The molecule has 1 unspecified atom stereocenters. The number of benzene rings is 7. The van der Waals surface area contributed by atoms with Gasteiger partial charge in [0.15, 0.2) is 0 Å². The topological polar surface area (TPSA) is 4.93 Å². The van der Waals surface area contributed by atoms with E-state index in [-0.39, 0.29) is 0 Å². The normalized spacial score (nSPS) is 12.2. The number of hydrogen-bond acceptors (Lipinski definition) is 0. The van der Waals surface area contributed by atoms with Gasteiger partial charge in [0.25, 0.3) is 0 Å². The van der Waals surface area contributed by atoms with Gasteiger partial charge in [-0.1, -0.05) is 141 Å². The summed E-state index contributed by atoms with van der Waals surface area (Å²) in [5.74, 6) is 0.589. The lowest BCUT2D eigenvalue weighted by atomic mass is 9.95. The molecule has 8 aromatic rings. The third-order valence-electron chi connectivity index (χ3n) is 9.49. The molecular weight excluding hydrogens is 542 g/mol. The second-order valence-corrected chi connectivity index (χ2v) is 12.2. The van der Waals surface area contributed by atoms with Gasteiger partial charge in [0.05, 0.1) is 11.0 Å². The van der Waals surface area contributed by atoms with Gasteiger partial charge in [-0.25, -0.2) is 0 Å². The summed E-state index contributed by atoms with van der Waals surface area (Å²) in [5, 5.41) is 5.05. The molecule has 45 heavy (non-hydrogen) atoms. The van der Waals surface area contributed by atoms with E-state index in [4.69, 9.17) is 0 Å². The van der Waals surface area contributed by atoms with Gasteiger partial charge in [-0.05, 0) is 92.4 Å². The number of aromatic nitrogens is 1. The van der Waals surface area contributed by atoms with Crippen LogP contribution in [-0.4, -0.2) is 4.57 Å². The summed E-state index contributed by atoms with van der Waals surface area (Å²) in [6.07, 6.45) is 1.16. The van der Waals surface area contributed by atoms with E-state index in [1.54, 1.807) is 0 Å². The molecule has 216 valence electrons. The van der Waals surface area contributed by atoms with Gasteiger partial charge in [0, 0.05) is 16.5 Å². The highest BCUT2D eigenvalue weighted by Crippen LogP contribution is 2.38. The standard InChI is InChI=1S/C44H35N/c1-3-30(2)31-16-18-33(19-17-31)34-20-22-35(23-21-34)39-24-25-41-42-27-37-12-7-8-13-38(37)28-44(42)45(43(41)29-39)40-15-9-14-36(26-40)32-10-5-4-6-11-32/h4-30H,3H2,1-2H3. The summed E-state index contributed by atoms with van der Waals surface area (Å²) < 4.78 is 2.44. The van der Waals surface area contributed by atoms with Gasteiger partial charge in [-0.2, -0.15) is 0 Å². The van der Waals surface area contributed by atoms with Crippen molar-refractivity contribution in [2.24, 2.45) is 0 Å². The van der Waals surface area contributed by atoms with Crippen molar-refractivity contribution in [3.63, 3.8) is 0 Å². The van der Waals surface area contributed by atoms with Crippen molar-refractivity contribution in [2.45, 2.75) is 26.2 Å². The summed E-state index contributed by atoms with van der Waals surface area (Å²) in [7, 11) is 0. The van der Waals surface area contributed by atoms with Gasteiger partial charge in [0.2, 0.25) is 0 Å². The fourth-order valence-corrected chi connectivity index (χ4v) is 6.71. The average Bonchev–Trinajstić information content (AvgIpc) is 3.43. The number of nitrogens with zero attached hydrogens (tertiary/aromatic N) is 1. The molecule has 1 heteroatoms. The van der Waals surface area contributed by atoms with E-state index in [9.17, 15) is 0 Å². The highest BCUT2D eigenvalue weighted by atomic mass is 15.0. The molecule has 0 saturated heterocycles. The van der Waals surface area contributed by atoms with Gasteiger partial charge in [-0.15, -0.1) is 0 Å². The van der Waals surface area contributed by atoms with Crippen LogP contribution in [0.15, 0.2) is 158 Å². The van der Waals surface area contributed by atoms with Crippen LogP contribution in [0, 0.1) is 0 Å². The summed E-state index contributed by atoms with van der Waals surface area (Å²) >= 11 is 0. The molecule has 0 spiro atoms. The third kappa shape index (κ3) is 4.91. The number of rotatable bonds is 6.